The molecule has 0 heterocycles. The average Bonchev–Trinajstić information content (AvgIpc) is 2.53. The molecule has 0 radical (unpaired) electrons. The predicted octanol–water partition coefficient (Wildman–Crippen LogP) is 3.10. The second-order valence-electron chi connectivity index (χ2n) is 4.51. The van der Waals surface area contributed by atoms with E-state index in [2.05, 4.69) is 0 Å². The van der Waals surface area contributed by atoms with Crippen molar-refractivity contribution in [2.24, 2.45) is 0 Å². The van der Waals surface area contributed by atoms with Gasteiger partial charge < -0.3 is 5.11 Å². The molecule has 0 amide bonds. The van der Waals surface area contributed by atoms with Gasteiger partial charge in [0, 0.05) is 23.8 Å². The van der Waals surface area contributed by atoms with E-state index in [1.54, 1.807) is 0 Å². The molecule has 8 heteroatoms. The molecule has 8 nitrogen and oxygen atoms in total. The number of hydrogen-bond donors (Lipinski definition) is 1. The van der Waals surface area contributed by atoms with Gasteiger partial charge in [-0.2, -0.15) is 0 Å². The number of nitro benzene ring substituents is 2. The number of carbonyl (C=O) groups excluding carboxylic acids is 1. The van der Waals surface area contributed by atoms with Crippen molar-refractivity contribution in [3.8, 4) is 5.75 Å². The SMILES string of the molecule is O=C(/C=C/c1ccc(O)c([N+](=O)[O-])c1)c1cccc([N+](=O)[O-])c1. The van der Waals surface area contributed by atoms with Gasteiger partial charge in [0.1, 0.15) is 0 Å². The highest BCUT2D eigenvalue weighted by Crippen LogP contribution is 2.26. The molecule has 0 saturated carbocycles. The van der Waals surface area contributed by atoms with Gasteiger partial charge in [0.15, 0.2) is 11.5 Å². The minimum absolute atomic E-state index is 0.128. The number of carbonyl (C=O) groups is 1. The zero-order valence-electron chi connectivity index (χ0n) is 11.6. The number of nitrogens with zero attached hydrogens (tertiary/aromatic N) is 2. The maximum absolute atomic E-state index is 12.0. The Balaban J connectivity index is 2.25. The van der Waals surface area contributed by atoms with Crippen LogP contribution in [0.3, 0.4) is 0 Å². The molecule has 0 fully saturated rings. The van der Waals surface area contributed by atoms with Crippen LogP contribution in [0.1, 0.15) is 15.9 Å². The largest absolute Gasteiger partial charge is 0.502 e. The normalized spacial score (nSPS) is 10.6. The third-order valence-electron chi connectivity index (χ3n) is 2.96. The van der Waals surface area contributed by atoms with Crippen LogP contribution in [-0.4, -0.2) is 20.7 Å². The molecule has 0 bridgehead atoms. The van der Waals surface area contributed by atoms with Crippen LogP contribution < -0.4 is 0 Å². The third kappa shape index (κ3) is 3.76. The number of aromatic hydroxyl groups is 1. The quantitative estimate of drug-likeness (QED) is 0.391. The van der Waals surface area contributed by atoms with Crippen LogP contribution in [0.5, 0.6) is 5.75 Å². The zero-order valence-corrected chi connectivity index (χ0v) is 11.6. The number of rotatable bonds is 5. The van der Waals surface area contributed by atoms with Gasteiger partial charge in [0.25, 0.3) is 5.69 Å². The maximum atomic E-state index is 12.0. The molecular weight excluding hydrogens is 304 g/mol. The van der Waals surface area contributed by atoms with Gasteiger partial charge in [-0.05, 0) is 17.7 Å². The molecule has 116 valence electrons. The first-order valence-corrected chi connectivity index (χ1v) is 6.33. The van der Waals surface area contributed by atoms with Crippen molar-refractivity contribution >= 4 is 23.2 Å². The molecule has 2 aromatic carbocycles. The third-order valence-corrected chi connectivity index (χ3v) is 2.96. The van der Waals surface area contributed by atoms with Crippen LogP contribution in [0, 0.1) is 20.2 Å². The van der Waals surface area contributed by atoms with E-state index in [0.29, 0.717) is 5.56 Å². The Hall–Kier alpha value is -3.55. The molecule has 0 aliphatic rings. The molecule has 1 N–H and O–H groups in total. The second kappa shape index (κ2) is 6.48. The molecule has 2 aromatic rings. The highest BCUT2D eigenvalue weighted by Gasteiger charge is 2.13. The van der Waals surface area contributed by atoms with Crippen molar-refractivity contribution in [2.75, 3.05) is 0 Å². The van der Waals surface area contributed by atoms with Gasteiger partial charge in [-0.25, -0.2) is 0 Å². The number of allylic oxidation sites excluding steroid dienone is 1. The predicted molar refractivity (Wildman–Crippen MR) is 81.2 cm³/mol. The Kier molecular flexibility index (Phi) is 4.46. The van der Waals surface area contributed by atoms with Crippen molar-refractivity contribution in [1.29, 1.82) is 0 Å². The fourth-order valence-electron chi connectivity index (χ4n) is 1.83. The van der Waals surface area contributed by atoms with E-state index in [1.165, 1.54) is 30.3 Å². The van der Waals surface area contributed by atoms with E-state index in [4.69, 9.17) is 0 Å². The summed E-state index contributed by atoms with van der Waals surface area (Å²) in [6.07, 6.45) is 2.47. The molecular formula is C15H10N2O6. The van der Waals surface area contributed by atoms with Crippen molar-refractivity contribution in [3.63, 3.8) is 0 Å². The lowest BCUT2D eigenvalue weighted by Gasteiger charge is -1.98. The van der Waals surface area contributed by atoms with Crippen LogP contribution in [0.4, 0.5) is 11.4 Å². The van der Waals surface area contributed by atoms with Gasteiger partial charge in [-0.1, -0.05) is 24.3 Å². The van der Waals surface area contributed by atoms with Crippen LogP contribution in [0.25, 0.3) is 6.08 Å². The number of non-ortho nitro benzene ring substituents is 1. The molecule has 0 unspecified atom stereocenters. The number of phenolic OH excluding ortho intramolecular Hbond substituents is 1. The van der Waals surface area contributed by atoms with Gasteiger partial charge in [0.2, 0.25) is 0 Å². The molecule has 0 spiro atoms. The molecule has 0 saturated heterocycles. The molecule has 2 rings (SSSR count). The lowest BCUT2D eigenvalue weighted by atomic mass is 10.1. The summed E-state index contributed by atoms with van der Waals surface area (Å²) in [5.41, 5.74) is -0.212. The first-order chi connectivity index (χ1) is 10.9. The average molecular weight is 314 g/mol. The van der Waals surface area contributed by atoms with E-state index < -0.39 is 27.1 Å². The number of nitro groups is 2. The smallest absolute Gasteiger partial charge is 0.311 e. The summed E-state index contributed by atoms with van der Waals surface area (Å²) < 4.78 is 0. The zero-order chi connectivity index (χ0) is 17.0. The van der Waals surface area contributed by atoms with E-state index in [9.17, 15) is 30.1 Å². The van der Waals surface area contributed by atoms with E-state index in [0.717, 1.165) is 24.3 Å². The summed E-state index contributed by atoms with van der Waals surface area (Å²) in [6, 6.07) is 8.90. The van der Waals surface area contributed by atoms with Crippen LogP contribution >= 0.6 is 0 Å². The van der Waals surface area contributed by atoms with Crippen molar-refractivity contribution in [3.05, 3.63) is 79.9 Å². The number of hydrogen-bond acceptors (Lipinski definition) is 6. The fourth-order valence-corrected chi connectivity index (χ4v) is 1.83. The van der Waals surface area contributed by atoms with E-state index in [1.807, 2.05) is 0 Å². The molecule has 0 aromatic heterocycles. The van der Waals surface area contributed by atoms with E-state index >= 15 is 0 Å². The Morgan fingerprint density at radius 3 is 2.43 bits per heavy atom. The van der Waals surface area contributed by atoms with Crippen LogP contribution in [0.2, 0.25) is 0 Å². The minimum atomic E-state index is -0.741. The van der Waals surface area contributed by atoms with Crippen molar-refractivity contribution in [1.82, 2.24) is 0 Å². The standard InChI is InChI=1S/C15H10N2O6/c18-14(11-2-1-3-12(9-11)16(20)21)6-4-10-5-7-15(19)13(8-10)17(22)23/h1-9,19H/b6-4+. The van der Waals surface area contributed by atoms with Gasteiger partial charge in [0.05, 0.1) is 9.85 Å². The fraction of sp³-hybridized carbons (Fsp3) is 0. The monoisotopic (exact) mass is 314 g/mol. The number of benzene rings is 2. The summed E-state index contributed by atoms with van der Waals surface area (Å²) in [7, 11) is 0. The topological polar surface area (TPSA) is 124 Å². The van der Waals surface area contributed by atoms with Crippen molar-refractivity contribution < 1.29 is 19.7 Å². The molecule has 0 aliphatic heterocycles. The Morgan fingerprint density at radius 1 is 1.04 bits per heavy atom. The lowest BCUT2D eigenvalue weighted by Crippen LogP contribution is -1.96. The summed E-state index contributed by atoms with van der Waals surface area (Å²) >= 11 is 0. The van der Waals surface area contributed by atoms with Gasteiger partial charge in [-0.15, -0.1) is 0 Å². The number of phenols is 1. The molecule has 23 heavy (non-hydrogen) atoms. The van der Waals surface area contributed by atoms with Crippen LogP contribution in [-0.2, 0) is 0 Å². The van der Waals surface area contributed by atoms with Crippen molar-refractivity contribution in [2.45, 2.75) is 0 Å². The summed E-state index contributed by atoms with van der Waals surface area (Å²) in [5.74, 6) is -0.957. The van der Waals surface area contributed by atoms with Crippen LogP contribution in [0.15, 0.2) is 48.5 Å². The Labute approximate surface area is 129 Å². The Bertz CT molecular complexity index is 828. The summed E-state index contributed by atoms with van der Waals surface area (Å²) in [6.45, 7) is 0. The highest BCUT2D eigenvalue weighted by molar-refractivity contribution is 6.07. The second-order valence-corrected chi connectivity index (χ2v) is 4.51. The molecule has 0 atom stereocenters. The summed E-state index contributed by atoms with van der Waals surface area (Å²) in [5, 5.41) is 30.7. The van der Waals surface area contributed by atoms with Gasteiger partial charge in [-0.3, -0.25) is 25.0 Å². The first kappa shape index (κ1) is 15.8. The number of ketones is 1. The van der Waals surface area contributed by atoms with E-state index in [-0.39, 0.29) is 11.3 Å². The maximum Gasteiger partial charge on any atom is 0.311 e. The summed E-state index contributed by atoms with van der Waals surface area (Å²) in [4.78, 5) is 32.0. The Morgan fingerprint density at radius 2 is 1.78 bits per heavy atom. The van der Waals surface area contributed by atoms with Gasteiger partial charge >= 0.3 is 5.69 Å². The first-order valence-electron chi connectivity index (χ1n) is 6.33. The minimum Gasteiger partial charge on any atom is -0.502 e. The lowest BCUT2D eigenvalue weighted by molar-refractivity contribution is -0.385. The molecule has 0 aliphatic carbocycles. The highest BCUT2D eigenvalue weighted by atomic mass is 16.6.